The van der Waals surface area contributed by atoms with E-state index in [4.69, 9.17) is 18.9 Å². The predicted octanol–water partition coefficient (Wildman–Crippen LogP) is 2.18. The number of nitrogens with zero attached hydrogens (tertiary/aromatic N) is 1. The van der Waals surface area contributed by atoms with Crippen molar-refractivity contribution in [3.8, 4) is 0 Å². The molecule has 5 heterocycles. The highest BCUT2D eigenvalue weighted by atomic mass is 16.6. The van der Waals surface area contributed by atoms with E-state index in [9.17, 15) is 19.5 Å². The van der Waals surface area contributed by atoms with Gasteiger partial charge in [0.2, 0.25) is 11.8 Å². The summed E-state index contributed by atoms with van der Waals surface area (Å²) in [5, 5.41) is 17.5. The zero-order chi connectivity index (χ0) is 32.5. The van der Waals surface area contributed by atoms with E-state index in [-0.39, 0.29) is 53.6 Å². The summed E-state index contributed by atoms with van der Waals surface area (Å²) in [5.41, 5.74) is 0.645. The number of rotatable bonds is 10. The van der Waals surface area contributed by atoms with Crippen LogP contribution in [0.5, 0.6) is 0 Å². The molecule has 5 aliphatic rings. The highest BCUT2D eigenvalue weighted by molar-refractivity contribution is 5.87. The number of esters is 1. The third kappa shape index (κ3) is 7.88. The van der Waals surface area contributed by atoms with Crippen molar-refractivity contribution in [1.82, 2.24) is 15.5 Å². The lowest BCUT2D eigenvalue weighted by molar-refractivity contribution is -0.161. The second kappa shape index (κ2) is 13.7. The molecule has 11 nitrogen and oxygen atoms in total. The molecule has 45 heavy (non-hydrogen) atoms. The van der Waals surface area contributed by atoms with Crippen LogP contribution in [0.25, 0.3) is 0 Å². The molecular formula is C34H51N3O8. The van der Waals surface area contributed by atoms with E-state index in [1.165, 1.54) is 13.0 Å². The third-order valence-electron chi connectivity index (χ3n) is 10.2. The molecule has 11 heteroatoms. The largest absolute Gasteiger partial charge is 0.459 e. The third-order valence-corrected chi connectivity index (χ3v) is 10.2. The standard InChI is InChI=1S/C34H51N3O8/c1-20(7-10-28-21(2)13-27(23(4)43-28)36-30(39)12-9-22(3)42-25(6)38)8-11-29-32(41)34(24(5)45-34)15-26(44-29)14-31(40)37-18-33(19-37)16-35-17-33/h7-9,11-12,21-24,26-29,32,35,41H,10,13-19H2,1-6H3,(H,36,39)/b11-8+,12-9-,20-7+/t21?,22?,23?,24?,26-,27?,28?,29?,32-,34?/m1/s1. The lowest BCUT2D eigenvalue weighted by Gasteiger charge is -2.56. The molecule has 5 fully saturated rings. The minimum absolute atomic E-state index is 0.00305. The van der Waals surface area contributed by atoms with Crippen molar-refractivity contribution in [2.24, 2.45) is 11.3 Å². The van der Waals surface area contributed by atoms with Gasteiger partial charge in [0.25, 0.3) is 0 Å². The molecule has 10 atom stereocenters. The van der Waals surface area contributed by atoms with Gasteiger partial charge >= 0.3 is 5.97 Å². The Balaban J connectivity index is 1.10. The van der Waals surface area contributed by atoms with Gasteiger partial charge in [-0.1, -0.05) is 30.7 Å². The number of likely N-dealkylation sites (tertiary alicyclic amines) is 1. The van der Waals surface area contributed by atoms with E-state index in [0.29, 0.717) is 19.3 Å². The maximum absolute atomic E-state index is 13.0. The van der Waals surface area contributed by atoms with Crippen molar-refractivity contribution in [1.29, 1.82) is 0 Å². The van der Waals surface area contributed by atoms with Crippen molar-refractivity contribution in [3.05, 3.63) is 36.0 Å². The number of carbonyl (C=O) groups excluding carboxylic acids is 3. The number of hydrogen-bond donors (Lipinski definition) is 3. The van der Waals surface area contributed by atoms with Crippen molar-refractivity contribution in [2.75, 3.05) is 26.2 Å². The van der Waals surface area contributed by atoms with E-state index >= 15 is 0 Å². The molecule has 0 radical (unpaired) electrons. The number of ether oxygens (including phenoxy) is 4. The van der Waals surface area contributed by atoms with E-state index in [0.717, 1.165) is 38.2 Å². The number of allylic oxidation sites excluding steroid dienone is 2. The SMILES string of the molecule is CC(=O)OC(C)/C=C\C(=O)NC1CC(C)C(C/C=C(C)/C=C/C2O[C@H](CC(=O)N3CC4(CNC4)C3)CC3(OC3C)[C@@H]2O)OC1C. The smallest absolute Gasteiger partial charge is 0.303 e. The number of amides is 2. The fraction of sp³-hybridized carbons (Fsp3) is 0.735. The summed E-state index contributed by atoms with van der Waals surface area (Å²) in [6.45, 7) is 14.7. The average Bonchev–Trinajstić information content (AvgIpc) is 3.56. The Bertz CT molecular complexity index is 1210. The van der Waals surface area contributed by atoms with E-state index in [1.54, 1.807) is 13.0 Å². The molecule has 8 unspecified atom stereocenters. The van der Waals surface area contributed by atoms with Gasteiger partial charge in [-0.2, -0.15) is 0 Å². The summed E-state index contributed by atoms with van der Waals surface area (Å²) in [4.78, 5) is 38.4. The Morgan fingerprint density at radius 2 is 1.84 bits per heavy atom. The molecule has 5 saturated heterocycles. The molecule has 2 spiro atoms. The Morgan fingerprint density at radius 3 is 2.47 bits per heavy atom. The molecule has 0 saturated carbocycles. The van der Waals surface area contributed by atoms with Gasteiger partial charge in [-0.05, 0) is 52.5 Å². The number of nitrogens with one attached hydrogen (secondary N) is 2. The van der Waals surface area contributed by atoms with Gasteiger partial charge in [0, 0.05) is 51.0 Å². The Kier molecular flexibility index (Phi) is 10.2. The number of carbonyl (C=O) groups is 3. The monoisotopic (exact) mass is 629 g/mol. The molecule has 0 aromatic heterocycles. The van der Waals surface area contributed by atoms with Crippen LogP contribution >= 0.6 is 0 Å². The first-order chi connectivity index (χ1) is 21.3. The Hall–Kier alpha value is -2.57. The minimum atomic E-state index is -0.800. The summed E-state index contributed by atoms with van der Waals surface area (Å²) in [5.74, 6) is -0.302. The molecule has 3 N–H and O–H groups in total. The van der Waals surface area contributed by atoms with Gasteiger partial charge in [0.1, 0.15) is 23.9 Å². The van der Waals surface area contributed by atoms with Crippen LogP contribution in [0.3, 0.4) is 0 Å². The lowest BCUT2D eigenvalue weighted by Crippen LogP contribution is -2.72. The highest BCUT2D eigenvalue weighted by Gasteiger charge is 2.64. The molecule has 0 bridgehead atoms. The normalized spacial score (nSPS) is 38.2. The minimum Gasteiger partial charge on any atom is -0.459 e. The van der Waals surface area contributed by atoms with Crippen LogP contribution in [0, 0.1) is 11.3 Å². The number of aliphatic hydroxyl groups excluding tert-OH is 1. The van der Waals surface area contributed by atoms with Crippen LogP contribution in [0.2, 0.25) is 0 Å². The van der Waals surface area contributed by atoms with Crippen LogP contribution < -0.4 is 10.6 Å². The predicted molar refractivity (Wildman–Crippen MR) is 167 cm³/mol. The average molecular weight is 630 g/mol. The molecule has 2 amide bonds. The van der Waals surface area contributed by atoms with Crippen LogP contribution in [-0.4, -0.2) is 108 Å². The summed E-state index contributed by atoms with van der Waals surface area (Å²) >= 11 is 0. The van der Waals surface area contributed by atoms with Gasteiger partial charge in [-0.3, -0.25) is 14.4 Å². The number of aliphatic hydroxyl groups is 1. The van der Waals surface area contributed by atoms with E-state index in [2.05, 4.69) is 23.6 Å². The molecule has 0 aliphatic carbocycles. The summed E-state index contributed by atoms with van der Waals surface area (Å²) < 4.78 is 23.5. The quantitative estimate of drug-likeness (QED) is 0.144. The van der Waals surface area contributed by atoms with Crippen molar-refractivity contribution < 1.29 is 38.4 Å². The topological polar surface area (TPSA) is 139 Å². The Morgan fingerprint density at radius 1 is 1.13 bits per heavy atom. The second-order valence-electron chi connectivity index (χ2n) is 14.1. The zero-order valence-electron chi connectivity index (χ0n) is 27.5. The van der Waals surface area contributed by atoms with Gasteiger partial charge in [-0.25, -0.2) is 0 Å². The van der Waals surface area contributed by atoms with Gasteiger partial charge in [0.15, 0.2) is 0 Å². The molecule has 250 valence electrons. The van der Waals surface area contributed by atoms with Gasteiger partial charge < -0.3 is 39.6 Å². The van der Waals surface area contributed by atoms with E-state index < -0.39 is 29.9 Å². The van der Waals surface area contributed by atoms with Gasteiger partial charge in [-0.15, -0.1) is 0 Å². The van der Waals surface area contributed by atoms with Gasteiger partial charge in [0.05, 0.1) is 36.9 Å². The number of epoxide rings is 1. The van der Waals surface area contributed by atoms with Crippen molar-refractivity contribution >= 4 is 17.8 Å². The molecular weight excluding hydrogens is 578 g/mol. The van der Waals surface area contributed by atoms with Crippen LogP contribution in [0.15, 0.2) is 36.0 Å². The summed E-state index contributed by atoms with van der Waals surface area (Å²) in [7, 11) is 0. The fourth-order valence-electron chi connectivity index (χ4n) is 7.24. The van der Waals surface area contributed by atoms with Crippen LogP contribution in [-0.2, 0) is 33.3 Å². The maximum atomic E-state index is 13.0. The maximum Gasteiger partial charge on any atom is 0.303 e. The highest BCUT2D eigenvalue weighted by Crippen LogP contribution is 2.49. The number of hydrogen-bond acceptors (Lipinski definition) is 9. The van der Waals surface area contributed by atoms with E-state index in [1.807, 2.05) is 37.8 Å². The first-order valence-corrected chi connectivity index (χ1v) is 16.5. The lowest BCUT2D eigenvalue weighted by atomic mass is 9.74. The zero-order valence-corrected chi connectivity index (χ0v) is 27.5. The van der Waals surface area contributed by atoms with Crippen LogP contribution in [0.1, 0.15) is 67.2 Å². The van der Waals surface area contributed by atoms with Crippen molar-refractivity contribution in [3.63, 3.8) is 0 Å². The summed E-state index contributed by atoms with van der Waals surface area (Å²) in [6, 6.07) is -0.121. The Labute approximate surface area is 266 Å². The molecule has 5 aliphatic heterocycles. The second-order valence-corrected chi connectivity index (χ2v) is 14.1. The summed E-state index contributed by atoms with van der Waals surface area (Å²) in [6.07, 6.45) is 8.86. The fourth-order valence-corrected chi connectivity index (χ4v) is 7.24. The first-order valence-electron chi connectivity index (χ1n) is 16.5. The van der Waals surface area contributed by atoms with Crippen molar-refractivity contribution in [2.45, 2.75) is 122 Å². The first kappa shape index (κ1) is 33.8. The molecule has 0 aromatic carbocycles. The van der Waals surface area contributed by atoms with Crippen LogP contribution in [0.4, 0.5) is 0 Å². The molecule has 0 aromatic rings. The molecule has 5 rings (SSSR count).